The molecule has 6 nitrogen and oxygen atoms in total. The van der Waals surface area contributed by atoms with Gasteiger partial charge in [0.25, 0.3) is 0 Å². The van der Waals surface area contributed by atoms with Crippen LogP contribution in [-0.2, 0) is 21.4 Å². The van der Waals surface area contributed by atoms with Crippen LogP contribution in [-0.4, -0.2) is 49.7 Å². The van der Waals surface area contributed by atoms with Gasteiger partial charge in [0.15, 0.2) is 0 Å². The van der Waals surface area contributed by atoms with E-state index >= 15 is 0 Å². The van der Waals surface area contributed by atoms with Crippen molar-refractivity contribution < 1.29 is 13.2 Å². The lowest BCUT2D eigenvalue weighted by atomic mass is 10.2. The quantitative estimate of drug-likeness (QED) is 0.675. The number of halogens is 2. The number of sulfonamides is 1. The average molecular weight is 501 g/mol. The first-order chi connectivity index (χ1) is 13.8. The second-order valence-corrected chi connectivity index (χ2v) is 10.2. The highest BCUT2D eigenvalue weighted by atomic mass is 79.9. The summed E-state index contributed by atoms with van der Waals surface area (Å²) in [6.07, 6.45) is 0.755. The fraction of sp³-hybridized carbons (Fsp3) is 0.350. The molecule has 1 N–H and O–H groups in total. The Kier molecular flexibility index (Phi) is 7.34. The molecule has 1 amide bonds. The average Bonchev–Trinajstić information content (AvgIpc) is 2.89. The van der Waals surface area contributed by atoms with Gasteiger partial charge in [0.2, 0.25) is 15.9 Å². The lowest BCUT2D eigenvalue weighted by molar-refractivity contribution is -0.114. The molecule has 0 atom stereocenters. The van der Waals surface area contributed by atoms with Gasteiger partial charge >= 0.3 is 0 Å². The molecule has 29 heavy (non-hydrogen) atoms. The number of carbonyl (C=O) groups is 1. The second kappa shape index (κ2) is 9.57. The van der Waals surface area contributed by atoms with E-state index in [0.717, 1.165) is 24.0 Å². The second-order valence-electron chi connectivity index (χ2n) is 6.99. The topological polar surface area (TPSA) is 69.7 Å². The van der Waals surface area contributed by atoms with Gasteiger partial charge in [0.1, 0.15) is 0 Å². The lowest BCUT2D eigenvalue weighted by Crippen LogP contribution is -2.35. The number of hydrogen-bond acceptors (Lipinski definition) is 4. The molecule has 1 aliphatic heterocycles. The third kappa shape index (κ3) is 5.79. The van der Waals surface area contributed by atoms with Gasteiger partial charge in [0.05, 0.1) is 15.6 Å². The molecule has 1 saturated heterocycles. The van der Waals surface area contributed by atoms with E-state index < -0.39 is 10.0 Å². The highest BCUT2D eigenvalue weighted by Crippen LogP contribution is 2.27. The van der Waals surface area contributed by atoms with Crippen molar-refractivity contribution in [2.24, 2.45) is 0 Å². The fourth-order valence-corrected chi connectivity index (χ4v) is 5.57. The van der Waals surface area contributed by atoms with E-state index in [9.17, 15) is 13.2 Å². The van der Waals surface area contributed by atoms with Crippen molar-refractivity contribution >= 4 is 49.1 Å². The van der Waals surface area contributed by atoms with E-state index in [1.165, 1.54) is 35.0 Å². The predicted octanol–water partition coefficient (Wildman–Crippen LogP) is 3.96. The predicted molar refractivity (Wildman–Crippen MR) is 119 cm³/mol. The van der Waals surface area contributed by atoms with Crippen molar-refractivity contribution in [1.82, 2.24) is 9.21 Å². The molecule has 9 heteroatoms. The van der Waals surface area contributed by atoms with Crippen LogP contribution in [0.5, 0.6) is 0 Å². The van der Waals surface area contributed by atoms with E-state index in [1.54, 1.807) is 0 Å². The van der Waals surface area contributed by atoms with Gasteiger partial charge < -0.3 is 5.32 Å². The number of carbonyl (C=O) groups excluding carboxylic acids is 1. The summed E-state index contributed by atoms with van der Waals surface area (Å²) >= 11 is 9.65. The minimum absolute atomic E-state index is 0.136. The van der Waals surface area contributed by atoms with Crippen LogP contribution in [0.4, 0.5) is 5.69 Å². The zero-order chi connectivity index (χ0) is 21.0. The van der Waals surface area contributed by atoms with Crippen molar-refractivity contribution in [3.05, 3.63) is 57.5 Å². The van der Waals surface area contributed by atoms with Crippen LogP contribution < -0.4 is 5.32 Å². The maximum absolute atomic E-state index is 13.1. The Morgan fingerprint density at radius 1 is 1.14 bits per heavy atom. The molecule has 0 spiro atoms. The molecule has 0 aliphatic carbocycles. The van der Waals surface area contributed by atoms with Gasteiger partial charge in [-0.05, 0) is 48.9 Å². The van der Waals surface area contributed by atoms with Crippen LogP contribution in [0.1, 0.15) is 18.9 Å². The number of anilines is 1. The van der Waals surface area contributed by atoms with Crippen molar-refractivity contribution in [3.8, 4) is 0 Å². The summed E-state index contributed by atoms with van der Waals surface area (Å²) in [5.41, 5.74) is 1.59. The van der Waals surface area contributed by atoms with E-state index in [0.29, 0.717) is 25.3 Å². The van der Waals surface area contributed by atoms with Crippen LogP contribution in [0, 0.1) is 0 Å². The number of rotatable bonds is 5. The third-order valence-electron chi connectivity index (χ3n) is 4.73. The highest BCUT2D eigenvalue weighted by molar-refractivity contribution is 9.10. The SMILES string of the molecule is CC(=O)Nc1ccc(S(=O)(=O)N2CCCN(Cc3cccc(Br)c3)CC2)cc1Cl. The van der Waals surface area contributed by atoms with Gasteiger partial charge in [0, 0.05) is 37.6 Å². The summed E-state index contributed by atoms with van der Waals surface area (Å²) < 4.78 is 28.7. The molecule has 0 saturated carbocycles. The van der Waals surface area contributed by atoms with Crippen molar-refractivity contribution in [1.29, 1.82) is 0 Å². The number of benzene rings is 2. The standard InChI is InChI=1S/C20H23BrClN3O3S/c1-15(26)23-20-7-6-18(13-19(20)22)29(27,28)25-9-3-8-24(10-11-25)14-16-4-2-5-17(21)12-16/h2,4-7,12-13H,3,8-11,14H2,1H3,(H,23,26). The Labute approximate surface area is 185 Å². The highest BCUT2D eigenvalue weighted by Gasteiger charge is 2.27. The van der Waals surface area contributed by atoms with Crippen molar-refractivity contribution in [2.75, 3.05) is 31.5 Å². The molecule has 3 rings (SSSR count). The Hall–Kier alpha value is -1.45. The smallest absolute Gasteiger partial charge is 0.243 e. The maximum atomic E-state index is 13.1. The maximum Gasteiger partial charge on any atom is 0.243 e. The zero-order valence-electron chi connectivity index (χ0n) is 16.1. The molecule has 0 bridgehead atoms. The van der Waals surface area contributed by atoms with Gasteiger partial charge in [-0.3, -0.25) is 9.69 Å². The van der Waals surface area contributed by atoms with Gasteiger partial charge in [-0.15, -0.1) is 0 Å². The Balaban J connectivity index is 1.70. The molecule has 156 valence electrons. The lowest BCUT2D eigenvalue weighted by Gasteiger charge is -2.22. The van der Waals surface area contributed by atoms with E-state index in [1.807, 2.05) is 12.1 Å². The summed E-state index contributed by atoms with van der Waals surface area (Å²) in [6, 6.07) is 12.5. The van der Waals surface area contributed by atoms with E-state index in [2.05, 4.69) is 38.3 Å². The molecule has 2 aromatic carbocycles. The molecule has 1 fully saturated rings. The van der Waals surface area contributed by atoms with Crippen molar-refractivity contribution in [2.45, 2.75) is 24.8 Å². The van der Waals surface area contributed by atoms with Crippen LogP contribution in [0.2, 0.25) is 5.02 Å². The molecule has 1 aliphatic rings. The summed E-state index contributed by atoms with van der Waals surface area (Å²) in [4.78, 5) is 13.6. The normalized spacial score (nSPS) is 16.4. The molecular formula is C20H23BrClN3O3S. The largest absolute Gasteiger partial charge is 0.325 e. The van der Waals surface area contributed by atoms with Crippen LogP contribution in [0.15, 0.2) is 51.8 Å². The first-order valence-electron chi connectivity index (χ1n) is 9.30. The van der Waals surface area contributed by atoms with Crippen molar-refractivity contribution in [3.63, 3.8) is 0 Å². The molecule has 0 radical (unpaired) electrons. The number of amides is 1. The Morgan fingerprint density at radius 2 is 1.93 bits per heavy atom. The first-order valence-corrected chi connectivity index (χ1v) is 11.9. The minimum Gasteiger partial charge on any atom is -0.325 e. The molecule has 1 heterocycles. The van der Waals surface area contributed by atoms with Gasteiger partial charge in [-0.25, -0.2) is 8.42 Å². The molecule has 0 aromatic heterocycles. The van der Waals surface area contributed by atoms with E-state index in [-0.39, 0.29) is 15.8 Å². The number of nitrogens with one attached hydrogen (secondary N) is 1. The van der Waals surface area contributed by atoms with Gasteiger partial charge in [-0.2, -0.15) is 4.31 Å². The summed E-state index contributed by atoms with van der Waals surface area (Å²) in [5, 5.41) is 2.79. The first kappa shape index (κ1) is 22.2. The molecule has 2 aromatic rings. The third-order valence-corrected chi connectivity index (χ3v) is 7.43. The fourth-order valence-electron chi connectivity index (χ4n) is 3.34. The summed E-state index contributed by atoms with van der Waals surface area (Å²) in [6.45, 7) is 4.52. The minimum atomic E-state index is -3.65. The number of nitrogens with zero attached hydrogens (tertiary/aromatic N) is 2. The van der Waals surface area contributed by atoms with Gasteiger partial charge in [-0.1, -0.05) is 39.7 Å². The van der Waals surface area contributed by atoms with Crippen LogP contribution in [0.3, 0.4) is 0 Å². The zero-order valence-corrected chi connectivity index (χ0v) is 19.2. The Morgan fingerprint density at radius 3 is 2.62 bits per heavy atom. The monoisotopic (exact) mass is 499 g/mol. The van der Waals surface area contributed by atoms with Crippen LogP contribution >= 0.6 is 27.5 Å². The van der Waals surface area contributed by atoms with Crippen LogP contribution in [0.25, 0.3) is 0 Å². The Bertz CT molecular complexity index is 1000. The van der Waals surface area contributed by atoms with E-state index in [4.69, 9.17) is 11.6 Å². The summed E-state index contributed by atoms with van der Waals surface area (Å²) in [5.74, 6) is -0.263. The summed E-state index contributed by atoms with van der Waals surface area (Å²) in [7, 11) is -3.65. The number of hydrogen-bond donors (Lipinski definition) is 1. The molecular weight excluding hydrogens is 478 g/mol. The molecule has 0 unspecified atom stereocenters.